The average molecular weight is 281 g/mol. The van der Waals surface area contributed by atoms with Crippen molar-refractivity contribution in [3.8, 4) is 0 Å². The van der Waals surface area contributed by atoms with E-state index in [4.69, 9.17) is 9.15 Å². The molecule has 1 aromatic rings. The van der Waals surface area contributed by atoms with Crippen LogP contribution in [0.3, 0.4) is 0 Å². The molecule has 0 N–H and O–H groups in total. The van der Waals surface area contributed by atoms with E-state index in [0.29, 0.717) is 6.54 Å². The molecule has 0 fully saturated rings. The molecule has 1 rings (SSSR count). The Morgan fingerprint density at radius 2 is 1.95 bits per heavy atom. The Morgan fingerprint density at radius 1 is 1.30 bits per heavy atom. The summed E-state index contributed by atoms with van der Waals surface area (Å²) in [7, 11) is 1.71. The van der Waals surface area contributed by atoms with Gasteiger partial charge in [0.05, 0.1) is 12.7 Å². The van der Waals surface area contributed by atoms with Crippen molar-refractivity contribution >= 4 is 11.9 Å². The molecule has 112 valence electrons. The van der Waals surface area contributed by atoms with E-state index in [1.165, 1.54) is 0 Å². The third kappa shape index (κ3) is 5.47. The summed E-state index contributed by atoms with van der Waals surface area (Å²) in [6, 6.07) is 1.84. The Labute approximate surface area is 119 Å². The van der Waals surface area contributed by atoms with Crippen LogP contribution in [-0.4, -0.2) is 29.4 Å². The summed E-state index contributed by atoms with van der Waals surface area (Å²) in [4.78, 5) is 25.1. The first-order chi connectivity index (χ1) is 9.19. The first kappa shape index (κ1) is 16.3. The van der Waals surface area contributed by atoms with Gasteiger partial charge in [0.1, 0.15) is 11.4 Å². The van der Waals surface area contributed by atoms with Gasteiger partial charge in [0.15, 0.2) is 0 Å². The maximum atomic E-state index is 11.9. The number of carbonyl (C=O) groups excluding carboxylic acids is 2. The van der Waals surface area contributed by atoms with Gasteiger partial charge in [-0.15, -0.1) is 0 Å². The maximum Gasteiger partial charge on any atom is 0.306 e. The molecule has 5 heteroatoms. The van der Waals surface area contributed by atoms with Crippen molar-refractivity contribution in [1.29, 1.82) is 0 Å². The summed E-state index contributed by atoms with van der Waals surface area (Å²) < 4.78 is 10.4. The molecule has 0 bridgehead atoms. The molecule has 0 aromatic carbocycles. The Bertz CT molecular complexity index is 470. The van der Waals surface area contributed by atoms with Gasteiger partial charge in [-0.2, -0.15) is 0 Å². The van der Waals surface area contributed by atoms with Gasteiger partial charge in [0.25, 0.3) is 0 Å². The predicted octanol–water partition coefficient (Wildman–Crippen LogP) is 2.67. The standard InChI is InChI=1S/C15H23NO4/c1-11-12(8-9-19-11)10-16(5)13(17)6-7-14(18)20-15(2,3)4/h8-9H,6-7,10H2,1-5H3. The van der Waals surface area contributed by atoms with E-state index in [9.17, 15) is 9.59 Å². The molecule has 0 saturated carbocycles. The summed E-state index contributed by atoms with van der Waals surface area (Å²) in [5.74, 6) is 0.368. The lowest BCUT2D eigenvalue weighted by Crippen LogP contribution is -2.28. The second-order valence-electron chi connectivity index (χ2n) is 5.84. The molecule has 0 unspecified atom stereocenters. The van der Waals surface area contributed by atoms with Crippen LogP contribution < -0.4 is 0 Å². The van der Waals surface area contributed by atoms with E-state index in [2.05, 4.69) is 0 Å². The van der Waals surface area contributed by atoms with Crippen LogP contribution in [0, 0.1) is 6.92 Å². The highest BCUT2D eigenvalue weighted by Crippen LogP contribution is 2.13. The van der Waals surface area contributed by atoms with Gasteiger partial charge in [-0.3, -0.25) is 9.59 Å². The summed E-state index contributed by atoms with van der Waals surface area (Å²) in [5, 5.41) is 0. The smallest absolute Gasteiger partial charge is 0.306 e. The van der Waals surface area contributed by atoms with Crippen molar-refractivity contribution in [2.45, 2.75) is 52.7 Å². The monoisotopic (exact) mass is 281 g/mol. The normalized spacial score (nSPS) is 11.2. The first-order valence-corrected chi connectivity index (χ1v) is 6.68. The van der Waals surface area contributed by atoms with Gasteiger partial charge < -0.3 is 14.1 Å². The van der Waals surface area contributed by atoms with E-state index in [0.717, 1.165) is 11.3 Å². The largest absolute Gasteiger partial charge is 0.469 e. The Kier molecular flexibility index (Phi) is 5.36. The van der Waals surface area contributed by atoms with Crippen LogP contribution >= 0.6 is 0 Å². The SMILES string of the molecule is Cc1occc1CN(C)C(=O)CCC(=O)OC(C)(C)C. The van der Waals surface area contributed by atoms with Crippen LogP contribution in [0.15, 0.2) is 16.7 Å². The quantitative estimate of drug-likeness (QED) is 0.778. The van der Waals surface area contributed by atoms with Crippen molar-refractivity contribution in [3.05, 3.63) is 23.7 Å². The molecule has 1 amide bonds. The van der Waals surface area contributed by atoms with Crippen molar-refractivity contribution in [2.75, 3.05) is 7.05 Å². The minimum Gasteiger partial charge on any atom is -0.469 e. The zero-order valence-electron chi connectivity index (χ0n) is 12.9. The maximum absolute atomic E-state index is 11.9. The van der Waals surface area contributed by atoms with Gasteiger partial charge in [-0.05, 0) is 33.8 Å². The highest BCUT2D eigenvalue weighted by Gasteiger charge is 2.18. The van der Waals surface area contributed by atoms with Crippen LogP contribution in [0.25, 0.3) is 0 Å². The zero-order chi connectivity index (χ0) is 15.3. The number of hydrogen-bond acceptors (Lipinski definition) is 4. The van der Waals surface area contributed by atoms with Crippen LogP contribution in [0.2, 0.25) is 0 Å². The van der Waals surface area contributed by atoms with Crippen LogP contribution in [0.1, 0.15) is 44.9 Å². The fraction of sp³-hybridized carbons (Fsp3) is 0.600. The van der Waals surface area contributed by atoms with Gasteiger partial charge in [-0.1, -0.05) is 0 Å². The molecule has 0 spiro atoms. The molecule has 1 heterocycles. The lowest BCUT2D eigenvalue weighted by molar-refractivity contribution is -0.156. The number of carbonyl (C=O) groups is 2. The highest BCUT2D eigenvalue weighted by atomic mass is 16.6. The number of furan rings is 1. The molecule has 0 aliphatic rings. The fourth-order valence-electron chi connectivity index (χ4n) is 1.71. The second kappa shape index (κ2) is 6.59. The molecule has 0 saturated heterocycles. The summed E-state index contributed by atoms with van der Waals surface area (Å²) in [5.41, 5.74) is 0.457. The van der Waals surface area contributed by atoms with E-state index >= 15 is 0 Å². The van der Waals surface area contributed by atoms with Gasteiger partial charge >= 0.3 is 5.97 Å². The van der Waals surface area contributed by atoms with Crippen molar-refractivity contribution in [1.82, 2.24) is 4.90 Å². The fourth-order valence-corrected chi connectivity index (χ4v) is 1.71. The van der Waals surface area contributed by atoms with Crippen LogP contribution in [0.4, 0.5) is 0 Å². The summed E-state index contributed by atoms with van der Waals surface area (Å²) in [6.45, 7) is 7.76. The molecule has 1 aromatic heterocycles. The topological polar surface area (TPSA) is 59.8 Å². The van der Waals surface area contributed by atoms with Gasteiger partial charge in [-0.25, -0.2) is 0 Å². The lowest BCUT2D eigenvalue weighted by Gasteiger charge is -2.20. The van der Waals surface area contributed by atoms with E-state index in [1.807, 2.05) is 13.0 Å². The van der Waals surface area contributed by atoms with E-state index < -0.39 is 5.60 Å². The average Bonchev–Trinajstić information content (AvgIpc) is 2.69. The first-order valence-electron chi connectivity index (χ1n) is 6.68. The Balaban J connectivity index is 2.39. The highest BCUT2D eigenvalue weighted by molar-refractivity contribution is 5.81. The number of esters is 1. The molecule has 0 aliphatic heterocycles. The van der Waals surface area contributed by atoms with Gasteiger partial charge in [0, 0.05) is 25.6 Å². The number of rotatable bonds is 5. The third-order valence-corrected chi connectivity index (χ3v) is 2.76. The lowest BCUT2D eigenvalue weighted by atomic mass is 10.2. The molecular formula is C15H23NO4. The summed E-state index contributed by atoms with van der Waals surface area (Å²) in [6.07, 6.45) is 1.86. The molecule has 0 radical (unpaired) electrons. The molecule has 5 nitrogen and oxygen atoms in total. The van der Waals surface area contributed by atoms with Crippen molar-refractivity contribution < 1.29 is 18.7 Å². The number of ether oxygens (including phenoxy) is 1. The Morgan fingerprint density at radius 3 is 2.45 bits per heavy atom. The van der Waals surface area contributed by atoms with E-state index in [1.54, 1.807) is 39.0 Å². The Hall–Kier alpha value is -1.78. The molecule has 0 atom stereocenters. The molecule has 20 heavy (non-hydrogen) atoms. The van der Waals surface area contributed by atoms with Crippen LogP contribution in [0.5, 0.6) is 0 Å². The number of aryl methyl sites for hydroxylation is 1. The third-order valence-electron chi connectivity index (χ3n) is 2.76. The zero-order valence-corrected chi connectivity index (χ0v) is 12.9. The minimum atomic E-state index is -0.514. The van der Waals surface area contributed by atoms with Crippen molar-refractivity contribution in [3.63, 3.8) is 0 Å². The van der Waals surface area contributed by atoms with Gasteiger partial charge in [0.2, 0.25) is 5.91 Å². The number of hydrogen-bond donors (Lipinski definition) is 0. The predicted molar refractivity (Wildman–Crippen MR) is 75.0 cm³/mol. The second-order valence-corrected chi connectivity index (χ2v) is 5.84. The summed E-state index contributed by atoms with van der Waals surface area (Å²) >= 11 is 0. The van der Waals surface area contributed by atoms with Crippen LogP contribution in [-0.2, 0) is 20.9 Å². The van der Waals surface area contributed by atoms with Crippen molar-refractivity contribution in [2.24, 2.45) is 0 Å². The number of nitrogens with zero attached hydrogens (tertiary/aromatic N) is 1. The minimum absolute atomic E-state index is 0.0866. The molecular weight excluding hydrogens is 258 g/mol. The van der Waals surface area contributed by atoms with E-state index in [-0.39, 0.29) is 24.7 Å². The number of amides is 1. The molecule has 0 aliphatic carbocycles.